The van der Waals surface area contributed by atoms with Crippen LogP contribution in [0.15, 0.2) is 0 Å². The summed E-state index contributed by atoms with van der Waals surface area (Å²) in [6.45, 7) is 14.1. The summed E-state index contributed by atoms with van der Waals surface area (Å²) in [5.41, 5.74) is 15.2. The van der Waals surface area contributed by atoms with Gasteiger partial charge in [-0.25, -0.2) is 4.79 Å². The predicted molar refractivity (Wildman–Crippen MR) is 143 cm³/mol. The quantitative estimate of drug-likeness (QED) is 0.114. The van der Waals surface area contributed by atoms with Crippen LogP contribution in [0.1, 0.15) is 20.8 Å². The van der Waals surface area contributed by atoms with Crippen LogP contribution in [0.5, 0.6) is 0 Å². The van der Waals surface area contributed by atoms with Gasteiger partial charge in [-0.05, 0) is 20.8 Å². The molecule has 0 saturated carbocycles. The van der Waals surface area contributed by atoms with Crippen LogP contribution in [0.25, 0.3) is 0 Å². The van der Waals surface area contributed by atoms with Crippen LogP contribution in [-0.2, 0) is 33.2 Å². The van der Waals surface area contributed by atoms with Gasteiger partial charge in [0.1, 0.15) is 5.60 Å². The van der Waals surface area contributed by atoms with E-state index in [1.165, 1.54) is 0 Å². The maximum atomic E-state index is 11.3. The lowest BCUT2D eigenvalue weighted by Gasteiger charge is -2.19. The van der Waals surface area contributed by atoms with E-state index in [1.807, 2.05) is 20.8 Å². The summed E-state index contributed by atoms with van der Waals surface area (Å²) in [6, 6.07) is 0. The Hall–Kier alpha value is -0.510. The first-order valence-corrected chi connectivity index (χ1v) is 13.0. The summed E-state index contributed by atoms with van der Waals surface area (Å²) in [4.78, 5) is 11.3. The fourth-order valence-corrected chi connectivity index (χ4v) is 1.87. The van der Waals surface area contributed by atoms with E-state index >= 15 is 0 Å². The topological polar surface area (TPSA) is 172 Å². The molecule has 0 aromatic carbocycles. The number of alkyl halides is 2. The molecule has 7 N–H and O–H groups in total. The van der Waals surface area contributed by atoms with Gasteiger partial charge < -0.3 is 55.7 Å². The van der Waals surface area contributed by atoms with Crippen molar-refractivity contribution in [1.82, 2.24) is 5.32 Å². The minimum absolute atomic E-state index is 0.194. The van der Waals surface area contributed by atoms with Gasteiger partial charge in [-0.2, -0.15) is 0 Å². The largest absolute Gasteiger partial charge is 0.444 e. The number of carbonyl (C=O) groups is 1. The van der Waals surface area contributed by atoms with Crippen molar-refractivity contribution in [3.8, 4) is 0 Å². The molecular formula is C22H50Cl2N4O8. The van der Waals surface area contributed by atoms with Crippen molar-refractivity contribution < 1.29 is 38.0 Å². The Morgan fingerprint density at radius 1 is 0.611 bits per heavy atom. The van der Waals surface area contributed by atoms with E-state index in [1.54, 1.807) is 0 Å². The van der Waals surface area contributed by atoms with Crippen molar-refractivity contribution in [1.29, 1.82) is 0 Å². The lowest BCUT2D eigenvalue weighted by molar-refractivity contribution is 0.0153. The lowest BCUT2D eigenvalue weighted by Crippen LogP contribution is -2.34. The van der Waals surface area contributed by atoms with Crippen LogP contribution < -0.4 is 22.5 Å². The molecule has 0 aliphatic carbocycles. The average Bonchev–Trinajstić information content (AvgIpc) is 2.81. The summed E-state index contributed by atoms with van der Waals surface area (Å²) in [5, 5.41) is 2.80. The van der Waals surface area contributed by atoms with Gasteiger partial charge in [-0.15, -0.1) is 23.2 Å². The Morgan fingerprint density at radius 2 is 0.889 bits per heavy atom. The molecule has 0 aliphatic heterocycles. The number of rotatable bonds is 21. The van der Waals surface area contributed by atoms with Crippen molar-refractivity contribution in [2.75, 3.05) is 111 Å². The molecule has 36 heavy (non-hydrogen) atoms. The van der Waals surface area contributed by atoms with Crippen LogP contribution in [-0.4, -0.2) is 122 Å². The number of alkyl carbamates (subject to hydrolysis) is 1. The molecule has 0 radical (unpaired) electrons. The third-order valence-corrected chi connectivity index (χ3v) is 3.19. The van der Waals surface area contributed by atoms with Gasteiger partial charge in [0.15, 0.2) is 0 Å². The Balaban J connectivity index is -0.000000584. The molecule has 0 fully saturated rings. The van der Waals surface area contributed by atoms with E-state index < -0.39 is 11.7 Å². The van der Waals surface area contributed by atoms with Gasteiger partial charge in [-0.3, -0.25) is 0 Å². The summed E-state index contributed by atoms with van der Waals surface area (Å²) in [6.07, 6.45) is -0.436. The monoisotopic (exact) mass is 568 g/mol. The second kappa shape index (κ2) is 34.5. The number of ether oxygens (including phenoxy) is 7. The summed E-state index contributed by atoms with van der Waals surface area (Å²) in [5.74, 6) is 0. The summed E-state index contributed by atoms with van der Waals surface area (Å²) >= 11 is 9.53. The van der Waals surface area contributed by atoms with Crippen LogP contribution in [0.3, 0.4) is 0 Å². The molecule has 220 valence electrons. The number of amides is 1. The molecule has 0 aromatic heterocycles. The normalized spacial score (nSPS) is 10.7. The molecule has 0 spiro atoms. The molecule has 0 heterocycles. The maximum absolute atomic E-state index is 11.3. The number of halogens is 2. The van der Waals surface area contributed by atoms with Crippen LogP contribution in [0.4, 0.5) is 4.79 Å². The van der Waals surface area contributed by atoms with Gasteiger partial charge in [0.05, 0.1) is 84.6 Å². The van der Waals surface area contributed by atoms with E-state index in [0.29, 0.717) is 105 Å². The molecule has 0 bridgehead atoms. The third-order valence-electron chi connectivity index (χ3n) is 3.19. The summed E-state index contributed by atoms with van der Waals surface area (Å²) in [7, 11) is 0. The smallest absolute Gasteiger partial charge is 0.407 e. The van der Waals surface area contributed by atoms with Gasteiger partial charge in [0.25, 0.3) is 0 Å². The maximum Gasteiger partial charge on any atom is 0.407 e. The Bertz CT molecular complexity index is 416. The van der Waals surface area contributed by atoms with Crippen molar-refractivity contribution in [2.45, 2.75) is 26.4 Å². The first kappa shape index (κ1) is 40.0. The molecule has 0 unspecified atom stereocenters. The minimum atomic E-state index is -0.481. The zero-order valence-electron chi connectivity index (χ0n) is 22.3. The van der Waals surface area contributed by atoms with E-state index in [-0.39, 0.29) is 5.34 Å². The molecule has 14 heteroatoms. The van der Waals surface area contributed by atoms with Crippen molar-refractivity contribution in [3.63, 3.8) is 0 Å². The highest BCUT2D eigenvalue weighted by atomic mass is 35.5. The number of hydrogen-bond acceptors (Lipinski definition) is 11. The van der Waals surface area contributed by atoms with Gasteiger partial charge in [0.2, 0.25) is 0 Å². The molecule has 0 saturated heterocycles. The predicted octanol–water partition coefficient (Wildman–Crippen LogP) is 0.895. The zero-order chi connectivity index (χ0) is 27.8. The molecule has 0 atom stereocenters. The van der Waals surface area contributed by atoms with Gasteiger partial charge in [0, 0.05) is 26.2 Å². The molecule has 0 aromatic rings. The Labute approximate surface area is 227 Å². The second-order valence-electron chi connectivity index (χ2n) is 7.57. The van der Waals surface area contributed by atoms with Crippen molar-refractivity contribution >= 4 is 29.3 Å². The average molecular weight is 570 g/mol. The number of nitrogens with one attached hydrogen (secondary N) is 1. The SMILES string of the molecule is CC(C)(C)OC(=O)NCCOCCOCCOCCN.ClCCl.NCCOCCOCCOCCN. The number of hydrogen-bond donors (Lipinski definition) is 4. The van der Waals surface area contributed by atoms with Crippen LogP contribution in [0.2, 0.25) is 0 Å². The van der Waals surface area contributed by atoms with E-state index in [0.717, 1.165) is 0 Å². The zero-order valence-corrected chi connectivity index (χ0v) is 23.8. The van der Waals surface area contributed by atoms with Crippen molar-refractivity contribution in [2.24, 2.45) is 17.2 Å². The van der Waals surface area contributed by atoms with E-state index in [4.69, 9.17) is 73.6 Å². The van der Waals surface area contributed by atoms with Crippen molar-refractivity contribution in [3.05, 3.63) is 0 Å². The number of nitrogens with two attached hydrogens (primary N) is 3. The molecule has 0 rings (SSSR count). The van der Waals surface area contributed by atoms with Gasteiger partial charge in [-0.1, -0.05) is 0 Å². The molecule has 0 aliphatic rings. The first-order valence-electron chi connectivity index (χ1n) is 11.9. The fraction of sp³-hybridized carbons (Fsp3) is 0.955. The Morgan fingerprint density at radius 3 is 1.17 bits per heavy atom. The first-order chi connectivity index (χ1) is 17.3. The third kappa shape index (κ3) is 46.8. The Kier molecular flexibility index (Phi) is 38.3. The number of carbonyl (C=O) groups excluding carboxylic acids is 1. The minimum Gasteiger partial charge on any atom is -0.444 e. The molecular weight excluding hydrogens is 519 g/mol. The highest BCUT2D eigenvalue weighted by Crippen LogP contribution is 2.05. The summed E-state index contributed by atoms with van der Waals surface area (Å²) < 4.78 is 36.2. The highest BCUT2D eigenvalue weighted by molar-refractivity contribution is 6.40. The molecule has 1 amide bonds. The lowest BCUT2D eigenvalue weighted by atomic mass is 10.2. The highest BCUT2D eigenvalue weighted by Gasteiger charge is 2.15. The van der Waals surface area contributed by atoms with E-state index in [2.05, 4.69) is 5.32 Å². The standard InChI is InChI=1S/C13H28N2O5.C8H20N2O3.CH2Cl2/c1-13(2,3)20-12(16)15-5-7-18-9-11-19-10-8-17-6-4-14;9-1-3-11-5-7-13-8-6-12-4-2-10;2-1-3/h4-11,14H2,1-3H3,(H,15,16);1-10H2;1H2. The second-order valence-corrected chi connectivity index (χ2v) is 8.38. The fourth-order valence-electron chi connectivity index (χ4n) is 1.87. The van der Waals surface area contributed by atoms with Crippen LogP contribution in [0, 0.1) is 0 Å². The van der Waals surface area contributed by atoms with Gasteiger partial charge >= 0.3 is 6.09 Å². The van der Waals surface area contributed by atoms with Crippen LogP contribution >= 0.6 is 23.2 Å². The molecule has 12 nitrogen and oxygen atoms in total. The van der Waals surface area contributed by atoms with E-state index in [9.17, 15) is 4.79 Å².